The highest BCUT2D eigenvalue weighted by molar-refractivity contribution is 5.62. The van der Waals surface area contributed by atoms with Crippen LogP contribution in [0.5, 0.6) is 0 Å². The summed E-state index contributed by atoms with van der Waals surface area (Å²) in [6.07, 6.45) is -2.73. The molecule has 4 N–H and O–H groups in total. The number of nitrogens with two attached hydrogens (primary N) is 1. The molecular formula is C11H18F2N4O4. The number of hydrogen-bond acceptors (Lipinski definition) is 6. The highest BCUT2D eigenvalue weighted by atomic mass is 19.3. The maximum atomic E-state index is 12.6. The molecule has 0 saturated heterocycles. The Labute approximate surface area is 118 Å². The smallest absolute Gasteiger partial charge is 0.330 e. The number of aliphatic hydroxyl groups is 1. The molecule has 10 heteroatoms. The Hall–Kier alpha value is -1.94. The molecule has 21 heavy (non-hydrogen) atoms. The number of nitrogen functional groups attached to an aromatic ring is 1. The lowest BCUT2D eigenvalue weighted by atomic mass is 10.3. The number of nitrogens with zero attached hydrogens (tertiary/aromatic N) is 2. The molecule has 0 spiro atoms. The van der Waals surface area contributed by atoms with Crippen molar-refractivity contribution >= 4 is 11.5 Å². The van der Waals surface area contributed by atoms with E-state index >= 15 is 0 Å². The summed E-state index contributed by atoms with van der Waals surface area (Å²) >= 11 is 0. The number of anilines is 2. The van der Waals surface area contributed by atoms with E-state index in [-0.39, 0.29) is 31.2 Å². The number of alkyl halides is 2. The van der Waals surface area contributed by atoms with E-state index in [1.165, 1.54) is 7.11 Å². The first-order valence-corrected chi connectivity index (χ1v) is 6.17. The van der Waals surface area contributed by atoms with Gasteiger partial charge >= 0.3 is 5.69 Å². The number of aromatic nitrogens is 2. The number of hydrogen-bond donors (Lipinski definition) is 3. The molecular weight excluding hydrogens is 290 g/mol. The van der Waals surface area contributed by atoms with Gasteiger partial charge in [-0.2, -0.15) is 0 Å². The van der Waals surface area contributed by atoms with Crippen LogP contribution < -0.4 is 21.9 Å². The molecule has 1 rings (SSSR count). The highest BCUT2D eigenvalue weighted by Gasteiger charge is 2.21. The zero-order chi connectivity index (χ0) is 16.0. The van der Waals surface area contributed by atoms with Gasteiger partial charge in [-0.15, -0.1) is 0 Å². The molecule has 1 aromatic heterocycles. The van der Waals surface area contributed by atoms with Gasteiger partial charge in [-0.05, 0) is 0 Å². The molecule has 1 aromatic rings. The maximum Gasteiger partial charge on any atom is 0.330 e. The zero-order valence-corrected chi connectivity index (χ0v) is 11.5. The SMILES string of the molecule is COCCn1c(N)c(N(CCO)CC(F)F)c(=O)[nH]c1=O. The topological polar surface area (TPSA) is 114 Å². The van der Waals surface area contributed by atoms with Crippen molar-refractivity contribution in [2.24, 2.45) is 0 Å². The van der Waals surface area contributed by atoms with Crippen molar-refractivity contribution in [1.29, 1.82) is 0 Å². The van der Waals surface area contributed by atoms with Gasteiger partial charge in [0.1, 0.15) is 11.5 Å². The van der Waals surface area contributed by atoms with Gasteiger partial charge in [0.05, 0.1) is 26.3 Å². The summed E-state index contributed by atoms with van der Waals surface area (Å²) in [6, 6.07) is 0. The fourth-order valence-corrected chi connectivity index (χ4v) is 1.87. The number of rotatable bonds is 8. The van der Waals surface area contributed by atoms with Gasteiger partial charge in [0.15, 0.2) is 0 Å². The second kappa shape index (κ2) is 7.74. The lowest BCUT2D eigenvalue weighted by molar-refractivity contribution is 0.152. The molecule has 0 saturated carbocycles. The molecule has 0 radical (unpaired) electrons. The minimum Gasteiger partial charge on any atom is -0.395 e. The molecule has 0 fully saturated rings. The van der Waals surface area contributed by atoms with E-state index in [2.05, 4.69) is 0 Å². The summed E-state index contributed by atoms with van der Waals surface area (Å²) in [5.74, 6) is -0.241. The van der Waals surface area contributed by atoms with Gasteiger partial charge in [0.2, 0.25) is 0 Å². The molecule has 0 atom stereocenters. The van der Waals surface area contributed by atoms with E-state index in [1.54, 1.807) is 0 Å². The summed E-state index contributed by atoms with van der Waals surface area (Å²) in [5, 5.41) is 8.93. The number of ether oxygens (including phenoxy) is 1. The molecule has 0 aliphatic carbocycles. The number of nitrogens with one attached hydrogen (secondary N) is 1. The van der Waals surface area contributed by atoms with E-state index in [1.807, 2.05) is 4.98 Å². The quantitative estimate of drug-likeness (QED) is 0.557. The van der Waals surface area contributed by atoms with Crippen molar-refractivity contribution in [3.05, 3.63) is 20.8 Å². The summed E-state index contributed by atoms with van der Waals surface area (Å²) in [5.41, 5.74) is 3.86. The number of H-pyrrole nitrogens is 1. The van der Waals surface area contributed by atoms with E-state index in [0.717, 1.165) is 9.47 Å². The van der Waals surface area contributed by atoms with Crippen LogP contribution in [0.3, 0.4) is 0 Å². The number of methoxy groups -OCH3 is 1. The predicted octanol–water partition coefficient (Wildman–Crippen LogP) is -1.17. The van der Waals surface area contributed by atoms with E-state index in [0.29, 0.717) is 0 Å². The van der Waals surface area contributed by atoms with Crippen molar-refractivity contribution < 1.29 is 18.6 Å². The van der Waals surface area contributed by atoms with Gasteiger partial charge in [-0.3, -0.25) is 14.3 Å². The van der Waals surface area contributed by atoms with Crippen molar-refractivity contribution in [3.63, 3.8) is 0 Å². The third kappa shape index (κ3) is 4.26. The second-order valence-corrected chi connectivity index (χ2v) is 4.20. The van der Waals surface area contributed by atoms with Crippen LogP contribution in [0.4, 0.5) is 20.3 Å². The third-order valence-electron chi connectivity index (χ3n) is 2.78. The van der Waals surface area contributed by atoms with Crippen LogP contribution in [0.1, 0.15) is 0 Å². The zero-order valence-electron chi connectivity index (χ0n) is 11.5. The van der Waals surface area contributed by atoms with Gasteiger partial charge in [0.25, 0.3) is 12.0 Å². The van der Waals surface area contributed by atoms with Gasteiger partial charge < -0.3 is 20.5 Å². The molecule has 0 bridgehead atoms. The summed E-state index contributed by atoms with van der Waals surface area (Å²) in [6.45, 7) is -1.21. The van der Waals surface area contributed by atoms with E-state index in [9.17, 15) is 18.4 Å². The van der Waals surface area contributed by atoms with Crippen LogP contribution in [0.15, 0.2) is 9.59 Å². The third-order valence-corrected chi connectivity index (χ3v) is 2.78. The molecule has 0 amide bonds. The number of aliphatic hydroxyl groups excluding tert-OH is 1. The lowest BCUT2D eigenvalue weighted by Crippen LogP contribution is -2.41. The Morgan fingerprint density at radius 2 is 2.14 bits per heavy atom. The van der Waals surface area contributed by atoms with E-state index < -0.39 is 30.8 Å². The van der Waals surface area contributed by atoms with Crippen molar-refractivity contribution in [1.82, 2.24) is 9.55 Å². The lowest BCUT2D eigenvalue weighted by Gasteiger charge is -2.24. The molecule has 1 heterocycles. The van der Waals surface area contributed by atoms with Crippen molar-refractivity contribution in [2.75, 3.05) is 44.0 Å². The summed E-state index contributed by atoms with van der Waals surface area (Å²) in [4.78, 5) is 26.5. The van der Waals surface area contributed by atoms with Crippen LogP contribution in [-0.2, 0) is 11.3 Å². The molecule has 120 valence electrons. The molecule has 0 unspecified atom stereocenters. The first-order chi connectivity index (χ1) is 9.92. The molecule has 8 nitrogen and oxygen atoms in total. The van der Waals surface area contributed by atoms with Crippen molar-refractivity contribution in [2.45, 2.75) is 13.0 Å². The van der Waals surface area contributed by atoms with Gasteiger partial charge in [0, 0.05) is 13.7 Å². The molecule has 0 aromatic carbocycles. The fraction of sp³-hybridized carbons (Fsp3) is 0.636. The predicted molar refractivity (Wildman–Crippen MR) is 72.9 cm³/mol. The first-order valence-electron chi connectivity index (χ1n) is 6.17. The summed E-state index contributed by atoms with van der Waals surface area (Å²) in [7, 11) is 1.42. The number of halogens is 2. The maximum absolute atomic E-state index is 12.6. The Morgan fingerprint density at radius 3 is 2.67 bits per heavy atom. The Balaban J connectivity index is 3.31. The van der Waals surface area contributed by atoms with Crippen LogP contribution in [0.2, 0.25) is 0 Å². The van der Waals surface area contributed by atoms with Crippen LogP contribution in [0.25, 0.3) is 0 Å². The monoisotopic (exact) mass is 308 g/mol. The average Bonchev–Trinajstić information content (AvgIpc) is 2.37. The van der Waals surface area contributed by atoms with Crippen LogP contribution in [0, 0.1) is 0 Å². The van der Waals surface area contributed by atoms with Gasteiger partial charge in [-0.1, -0.05) is 0 Å². The summed E-state index contributed by atoms with van der Waals surface area (Å²) < 4.78 is 31.0. The van der Waals surface area contributed by atoms with Crippen LogP contribution >= 0.6 is 0 Å². The van der Waals surface area contributed by atoms with Crippen molar-refractivity contribution in [3.8, 4) is 0 Å². The van der Waals surface area contributed by atoms with Gasteiger partial charge in [-0.25, -0.2) is 13.6 Å². The first kappa shape index (κ1) is 17.1. The average molecular weight is 308 g/mol. The minimum absolute atomic E-state index is 0.0621. The van der Waals surface area contributed by atoms with Crippen LogP contribution in [-0.4, -0.2) is 54.5 Å². The molecule has 0 aliphatic rings. The normalized spacial score (nSPS) is 11.1. The highest BCUT2D eigenvalue weighted by Crippen LogP contribution is 2.17. The molecule has 0 aliphatic heterocycles. The Kier molecular flexibility index (Phi) is 6.31. The van der Waals surface area contributed by atoms with E-state index in [4.69, 9.17) is 15.6 Å². The second-order valence-electron chi connectivity index (χ2n) is 4.20. The largest absolute Gasteiger partial charge is 0.395 e. The number of aromatic amines is 1. The minimum atomic E-state index is -2.73. The Bertz CT molecular complexity index is 572. The Morgan fingerprint density at radius 1 is 1.48 bits per heavy atom. The standard InChI is InChI=1S/C11H18F2N4O4/c1-21-5-3-17-9(14)8(10(19)15-11(17)20)16(2-4-18)6-7(12)13/h7,18H,2-6,14H2,1H3,(H,15,19,20). The fourth-order valence-electron chi connectivity index (χ4n) is 1.87.